The normalized spacial score (nSPS) is 18.1. The van der Waals surface area contributed by atoms with Crippen LogP contribution in [0.5, 0.6) is 0 Å². The largest absolute Gasteiger partial charge is 0.507 e. The highest BCUT2D eigenvalue weighted by Crippen LogP contribution is 2.43. The zero-order valence-corrected chi connectivity index (χ0v) is 17.4. The minimum Gasteiger partial charge on any atom is -0.507 e. The lowest BCUT2D eigenvalue weighted by Crippen LogP contribution is -2.30. The van der Waals surface area contributed by atoms with Gasteiger partial charge in [0.25, 0.3) is 11.7 Å². The Labute approximate surface area is 183 Å². The van der Waals surface area contributed by atoms with Crippen LogP contribution in [0.3, 0.4) is 0 Å². The van der Waals surface area contributed by atoms with Crippen LogP contribution >= 0.6 is 23.2 Å². The fourth-order valence-corrected chi connectivity index (χ4v) is 4.04. The van der Waals surface area contributed by atoms with Gasteiger partial charge in [0.15, 0.2) is 0 Å². The molecule has 0 aliphatic carbocycles. The summed E-state index contributed by atoms with van der Waals surface area (Å²) in [6.45, 7) is 1.81. The molecule has 30 heavy (non-hydrogen) atoms. The zero-order valence-electron chi connectivity index (χ0n) is 15.8. The lowest BCUT2D eigenvalue weighted by Gasteiger charge is -2.26. The third-order valence-electron chi connectivity index (χ3n) is 4.98. The Bertz CT molecular complexity index is 1190. The highest BCUT2D eigenvalue weighted by Gasteiger charge is 2.47. The van der Waals surface area contributed by atoms with Crippen molar-refractivity contribution in [2.24, 2.45) is 0 Å². The lowest BCUT2D eigenvalue weighted by atomic mass is 9.95. The Morgan fingerprint density at radius 1 is 1.00 bits per heavy atom. The predicted molar refractivity (Wildman–Crippen MR) is 117 cm³/mol. The van der Waals surface area contributed by atoms with Crippen molar-refractivity contribution in [3.05, 3.63) is 99.3 Å². The van der Waals surface area contributed by atoms with Crippen LogP contribution in [0.4, 0.5) is 5.69 Å². The molecule has 1 amide bonds. The number of anilines is 1. The number of carbonyl (C=O) groups excluding carboxylic acids is 2. The number of carbonyl (C=O) groups is 2. The maximum absolute atomic E-state index is 13.1. The Morgan fingerprint density at radius 2 is 1.70 bits per heavy atom. The average molecular weight is 439 g/mol. The minimum atomic E-state index is -0.827. The van der Waals surface area contributed by atoms with Crippen molar-refractivity contribution in [1.82, 2.24) is 4.98 Å². The van der Waals surface area contributed by atoms with E-state index in [0.29, 0.717) is 26.9 Å². The Kier molecular flexibility index (Phi) is 5.33. The number of rotatable bonds is 3. The fourth-order valence-electron chi connectivity index (χ4n) is 3.62. The van der Waals surface area contributed by atoms with Crippen molar-refractivity contribution in [3.8, 4) is 0 Å². The van der Waals surface area contributed by atoms with Crippen LogP contribution in [-0.4, -0.2) is 21.8 Å². The Morgan fingerprint density at radius 3 is 2.37 bits per heavy atom. The molecule has 3 aromatic rings. The average Bonchev–Trinajstić information content (AvgIpc) is 2.99. The zero-order chi connectivity index (χ0) is 21.4. The first-order valence-electron chi connectivity index (χ1n) is 9.11. The van der Waals surface area contributed by atoms with E-state index in [1.54, 1.807) is 73.9 Å². The molecule has 1 saturated heterocycles. The van der Waals surface area contributed by atoms with Gasteiger partial charge in [0.2, 0.25) is 0 Å². The molecule has 0 bridgehead atoms. The van der Waals surface area contributed by atoms with Gasteiger partial charge in [-0.2, -0.15) is 0 Å². The minimum absolute atomic E-state index is 0.0113. The van der Waals surface area contributed by atoms with Crippen molar-refractivity contribution in [2.45, 2.75) is 13.0 Å². The molecular formula is C23H16Cl2N2O3. The van der Waals surface area contributed by atoms with Crippen LogP contribution in [0.25, 0.3) is 5.76 Å². The number of benzene rings is 2. The summed E-state index contributed by atoms with van der Waals surface area (Å²) in [7, 11) is 0. The lowest BCUT2D eigenvalue weighted by molar-refractivity contribution is -0.132. The molecule has 0 radical (unpaired) electrons. The number of amides is 1. The molecule has 5 nitrogen and oxygen atoms in total. The number of Topliss-reactive ketones (excluding diaryl/α,β-unsaturated/α-hetero) is 1. The molecule has 4 rings (SSSR count). The van der Waals surface area contributed by atoms with E-state index in [1.165, 1.54) is 4.90 Å². The molecule has 0 spiro atoms. The molecule has 2 heterocycles. The predicted octanol–water partition coefficient (Wildman–Crippen LogP) is 5.32. The molecule has 1 aliphatic rings. The van der Waals surface area contributed by atoms with E-state index >= 15 is 0 Å². The molecule has 1 fully saturated rings. The number of aliphatic hydroxyl groups is 1. The highest BCUT2D eigenvalue weighted by molar-refractivity contribution is 6.52. The summed E-state index contributed by atoms with van der Waals surface area (Å²) in [5.41, 5.74) is 2.25. The number of hydrogen-bond acceptors (Lipinski definition) is 4. The van der Waals surface area contributed by atoms with E-state index in [0.717, 1.165) is 5.56 Å². The summed E-state index contributed by atoms with van der Waals surface area (Å²) < 4.78 is 0. The highest BCUT2D eigenvalue weighted by atomic mass is 35.5. The second-order valence-electron chi connectivity index (χ2n) is 6.89. The van der Waals surface area contributed by atoms with E-state index in [9.17, 15) is 14.7 Å². The molecule has 7 heteroatoms. The molecular weight excluding hydrogens is 423 g/mol. The molecule has 1 unspecified atom stereocenters. The third kappa shape index (κ3) is 3.47. The van der Waals surface area contributed by atoms with Crippen LogP contribution in [0.1, 0.15) is 22.7 Å². The quantitative estimate of drug-likeness (QED) is 0.341. The number of ketones is 1. The van der Waals surface area contributed by atoms with Gasteiger partial charge in [0.05, 0.1) is 11.6 Å². The summed E-state index contributed by atoms with van der Waals surface area (Å²) in [5.74, 6) is -1.79. The Balaban J connectivity index is 1.97. The van der Waals surface area contributed by atoms with Crippen molar-refractivity contribution < 1.29 is 14.7 Å². The van der Waals surface area contributed by atoms with E-state index < -0.39 is 17.7 Å². The van der Waals surface area contributed by atoms with E-state index in [4.69, 9.17) is 23.2 Å². The second kappa shape index (κ2) is 7.94. The van der Waals surface area contributed by atoms with Gasteiger partial charge in [-0.25, -0.2) is 0 Å². The van der Waals surface area contributed by atoms with Crippen molar-refractivity contribution in [2.75, 3.05) is 4.90 Å². The van der Waals surface area contributed by atoms with Gasteiger partial charge in [-0.3, -0.25) is 19.5 Å². The molecule has 1 aliphatic heterocycles. The molecule has 0 saturated carbocycles. The maximum Gasteiger partial charge on any atom is 0.300 e. The number of hydrogen-bond donors (Lipinski definition) is 1. The maximum atomic E-state index is 13.1. The van der Waals surface area contributed by atoms with Gasteiger partial charge in [-0.15, -0.1) is 0 Å². The first-order chi connectivity index (χ1) is 14.4. The van der Waals surface area contributed by atoms with Crippen molar-refractivity contribution in [3.63, 3.8) is 0 Å². The van der Waals surface area contributed by atoms with E-state index in [-0.39, 0.29) is 11.3 Å². The first kappa shape index (κ1) is 20.1. The number of nitrogens with zero attached hydrogens (tertiary/aromatic N) is 2. The van der Waals surface area contributed by atoms with Gasteiger partial charge in [0, 0.05) is 33.7 Å². The second-order valence-corrected chi connectivity index (χ2v) is 7.76. The van der Waals surface area contributed by atoms with Crippen LogP contribution in [0, 0.1) is 6.92 Å². The van der Waals surface area contributed by atoms with Crippen LogP contribution in [0.15, 0.2) is 72.6 Å². The number of pyridine rings is 1. The van der Waals surface area contributed by atoms with Gasteiger partial charge < -0.3 is 5.11 Å². The summed E-state index contributed by atoms with van der Waals surface area (Å²) >= 11 is 12.1. The van der Waals surface area contributed by atoms with Gasteiger partial charge in [-0.05, 0) is 60.5 Å². The standard InChI is InChI=1S/C23H16Cl2N2O3/c1-13-11-17(25)5-6-18(13)27-20(14-7-9-26-10-8-14)19(22(29)23(27)30)21(28)15-3-2-4-16(24)12-15/h2-12,20,28H,1H3/b21-19+. The summed E-state index contributed by atoms with van der Waals surface area (Å²) in [4.78, 5) is 31.6. The molecule has 150 valence electrons. The van der Waals surface area contributed by atoms with Crippen LogP contribution in [0.2, 0.25) is 10.0 Å². The molecule has 1 atom stereocenters. The van der Waals surface area contributed by atoms with Gasteiger partial charge in [-0.1, -0.05) is 35.3 Å². The van der Waals surface area contributed by atoms with Gasteiger partial charge in [0.1, 0.15) is 5.76 Å². The van der Waals surface area contributed by atoms with Crippen LogP contribution < -0.4 is 4.90 Å². The van der Waals surface area contributed by atoms with E-state index in [2.05, 4.69) is 4.98 Å². The fraction of sp³-hybridized carbons (Fsp3) is 0.0870. The molecule has 1 N–H and O–H groups in total. The number of aliphatic hydroxyl groups excluding tert-OH is 1. The van der Waals surface area contributed by atoms with Crippen molar-refractivity contribution >= 4 is 46.3 Å². The smallest absolute Gasteiger partial charge is 0.300 e. The first-order valence-corrected chi connectivity index (χ1v) is 9.87. The number of aromatic nitrogens is 1. The topological polar surface area (TPSA) is 70.5 Å². The monoisotopic (exact) mass is 438 g/mol. The van der Waals surface area contributed by atoms with E-state index in [1.807, 2.05) is 0 Å². The molecule has 2 aromatic carbocycles. The summed E-state index contributed by atoms with van der Waals surface area (Å²) in [6.07, 6.45) is 3.15. The number of halogens is 2. The van der Waals surface area contributed by atoms with Crippen LogP contribution in [-0.2, 0) is 9.59 Å². The number of aryl methyl sites for hydroxylation is 1. The third-order valence-corrected chi connectivity index (χ3v) is 5.45. The summed E-state index contributed by atoms with van der Waals surface area (Å²) in [6, 6.07) is 14.2. The van der Waals surface area contributed by atoms with Gasteiger partial charge >= 0.3 is 0 Å². The molecule has 1 aromatic heterocycles. The summed E-state index contributed by atoms with van der Waals surface area (Å²) in [5, 5.41) is 12.0. The SMILES string of the molecule is Cc1cc(Cl)ccc1N1C(=O)C(=O)/C(=C(/O)c2cccc(Cl)c2)C1c1ccncc1. The Hall–Kier alpha value is -3.15. The van der Waals surface area contributed by atoms with Crippen molar-refractivity contribution in [1.29, 1.82) is 0 Å².